The van der Waals surface area contributed by atoms with E-state index in [0.29, 0.717) is 12.3 Å². The van der Waals surface area contributed by atoms with Crippen molar-refractivity contribution in [2.24, 2.45) is 5.92 Å². The quantitative estimate of drug-likeness (QED) is 0.497. The molecule has 10 heavy (non-hydrogen) atoms. The van der Waals surface area contributed by atoms with Crippen molar-refractivity contribution in [3.63, 3.8) is 0 Å². The zero-order chi connectivity index (χ0) is 8.15. The molecular weight excluding hydrogens is 192 g/mol. The Morgan fingerprint density at radius 1 is 1.70 bits per heavy atom. The lowest BCUT2D eigenvalue weighted by Gasteiger charge is -2.11. The lowest BCUT2D eigenvalue weighted by molar-refractivity contribution is 0.101. The van der Waals surface area contributed by atoms with Crippen LogP contribution in [0.25, 0.3) is 0 Å². The number of rotatable bonds is 4. The zero-order valence-corrected chi connectivity index (χ0v) is 8.15. The highest BCUT2D eigenvalue weighted by atomic mass is 79.9. The summed E-state index contributed by atoms with van der Waals surface area (Å²) in [6, 6.07) is 0. The van der Waals surface area contributed by atoms with Gasteiger partial charge in [0.25, 0.3) is 0 Å². The summed E-state index contributed by atoms with van der Waals surface area (Å²) < 4.78 is 0. The second-order valence-corrected chi connectivity index (χ2v) is 3.48. The van der Waals surface area contributed by atoms with Gasteiger partial charge < -0.3 is 0 Å². The third-order valence-corrected chi connectivity index (χ3v) is 2.53. The molecule has 0 fully saturated rings. The lowest BCUT2D eigenvalue weighted by atomic mass is 10.0. The highest BCUT2D eigenvalue weighted by Gasteiger charge is 2.10. The first-order valence-electron chi connectivity index (χ1n) is 3.45. The minimum absolute atomic E-state index is 0.458. The molecule has 2 unspecified atom stereocenters. The van der Waals surface area contributed by atoms with Crippen molar-refractivity contribution in [1.82, 2.24) is 0 Å². The van der Waals surface area contributed by atoms with Crippen molar-refractivity contribution in [1.29, 1.82) is 0 Å². The first kappa shape index (κ1) is 10.2. The molecule has 0 amide bonds. The third kappa shape index (κ3) is 4.07. The molecule has 0 aromatic carbocycles. The number of hydrogen-bond donors (Lipinski definition) is 0. The average molecular weight is 206 g/mol. The molecule has 0 spiro atoms. The number of hydrogen-bond acceptors (Lipinski definition) is 0. The summed E-state index contributed by atoms with van der Waals surface area (Å²) in [6.45, 7) is 7.46. The van der Waals surface area contributed by atoms with Gasteiger partial charge in [-0.3, -0.25) is 0 Å². The Hall–Kier alpha value is 0.180. The predicted octanol–water partition coefficient (Wildman–Crippen LogP) is 2.78. The molecule has 0 aromatic heterocycles. The van der Waals surface area contributed by atoms with E-state index in [1.807, 2.05) is 0 Å². The van der Waals surface area contributed by atoms with Gasteiger partial charge in [0.2, 0.25) is 0 Å². The number of alkyl halides is 1. The third-order valence-electron chi connectivity index (χ3n) is 1.43. The molecule has 0 bridgehead atoms. The summed E-state index contributed by atoms with van der Waals surface area (Å²) in [7, 11) is 0. The Labute approximate surface area is 71.3 Å². The molecule has 1 nitrogen and oxygen atoms in total. The first-order chi connectivity index (χ1) is 4.57. The Morgan fingerprint density at radius 3 is 2.50 bits per heavy atom. The van der Waals surface area contributed by atoms with E-state index in [4.69, 9.17) is 0 Å². The number of halogens is 1. The summed E-state index contributed by atoms with van der Waals surface area (Å²) in [5, 5.41) is 12.0. The maximum absolute atomic E-state index is 11.1. The van der Waals surface area contributed by atoms with Crippen LogP contribution in [0.2, 0.25) is 0 Å². The van der Waals surface area contributed by atoms with Crippen LogP contribution in [0.4, 0.5) is 0 Å². The highest BCUT2D eigenvalue weighted by molar-refractivity contribution is 9.09. The van der Waals surface area contributed by atoms with Crippen LogP contribution in [-0.2, 0) is 5.11 Å². The van der Waals surface area contributed by atoms with E-state index in [1.165, 1.54) is 0 Å². The maximum atomic E-state index is 11.1. The smallest absolute Gasteiger partial charge is 0.114 e. The Morgan fingerprint density at radius 2 is 2.20 bits per heavy atom. The molecule has 2 atom stereocenters. The molecule has 0 aromatic rings. The van der Waals surface area contributed by atoms with Gasteiger partial charge >= 0.3 is 0 Å². The van der Waals surface area contributed by atoms with Crippen molar-refractivity contribution in [2.45, 2.75) is 26.4 Å². The summed E-state index contributed by atoms with van der Waals surface area (Å²) in [6.07, 6.45) is 0.119. The van der Waals surface area contributed by atoms with Gasteiger partial charge in [0.1, 0.15) is 6.10 Å². The van der Waals surface area contributed by atoms with E-state index in [9.17, 15) is 5.11 Å². The van der Waals surface area contributed by atoms with Gasteiger partial charge in [-0.2, -0.15) is 0 Å². The fourth-order valence-corrected chi connectivity index (χ4v) is 0.894. The Bertz CT molecular complexity index is 112. The Kier molecular flexibility index (Phi) is 5.00. The van der Waals surface area contributed by atoms with Crippen molar-refractivity contribution < 1.29 is 5.11 Å². The van der Waals surface area contributed by atoms with Gasteiger partial charge in [-0.15, -0.1) is 0 Å². The van der Waals surface area contributed by atoms with Crippen LogP contribution in [0.1, 0.15) is 20.3 Å². The second-order valence-electron chi connectivity index (χ2n) is 2.83. The van der Waals surface area contributed by atoms with Crippen LogP contribution in [0.3, 0.4) is 0 Å². The SMILES string of the molecule is C=C(C)C([O])CC(C)CBr. The van der Waals surface area contributed by atoms with E-state index in [0.717, 1.165) is 10.9 Å². The van der Waals surface area contributed by atoms with E-state index in [-0.39, 0.29) is 0 Å². The van der Waals surface area contributed by atoms with E-state index in [2.05, 4.69) is 29.4 Å². The molecule has 1 radical (unpaired) electrons. The van der Waals surface area contributed by atoms with E-state index in [1.54, 1.807) is 6.92 Å². The van der Waals surface area contributed by atoms with Crippen molar-refractivity contribution in [2.75, 3.05) is 5.33 Å². The molecule has 0 heterocycles. The molecule has 0 aliphatic carbocycles. The fourth-order valence-electron chi connectivity index (χ4n) is 0.630. The molecule has 2 heteroatoms. The normalized spacial score (nSPS) is 16.4. The largest absolute Gasteiger partial charge is 0.228 e. The van der Waals surface area contributed by atoms with Gasteiger partial charge in [-0.1, -0.05) is 29.4 Å². The summed E-state index contributed by atoms with van der Waals surface area (Å²) in [5.41, 5.74) is 0.743. The van der Waals surface area contributed by atoms with Crippen molar-refractivity contribution >= 4 is 15.9 Å². The topological polar surface area (TPSA) is 19.9 Å². The van der Waals surface area contributed by atoms with Gasteiger partial charge in [0.05, 0.1) is 0 Å². The fraction of sp³-hybridized carbons (Fsp3) is 0.750. The molecule has 0 rings (SSSR count). The monoisotopic (exact) mass is 205 g/mol. The predicted molar refractivity (Wildman–Crippen MR) is 46.9 cm³/mol. The van der Waals surface area contributed by atoms with Crippen LogP contribution >= 0.6 is 15.9 Å². The van der Waals surface area contributed by atoms with Crippen LogP contribution < -0.4 is 0 Å². The van der Waals surface area contributed by atoms with Crippen molar-refractivity contribution in [3.8, 4) is 0 Å². The van der Waals surface area contributed by atoms with Crippen LogP contribution in [0.15, 0.2) is 12.2 Å². The average Bonchev–Trinajstić information content (AvgIpc) is 1.87. The summed E-state index contributed by atoms with van der Waals surface area (Å²) >= 11 is 3.32. The van der Waals surface area contributed by atoms with Gasteiger partial charge in [0, 0.05) is 5.33 Å². The summed E-state index contributed by atoms with van der Waals surface area (Å²) in [4.78, 5) is 0. The first-order valence-corrected chi connectivity index (χ1v) is 4.57. The van der Waals surface area contributed by atoms with E-state index >= 15 is 0 Å². The Balaban J connectivity index is 3.56. The van der Waals surface area contributed by atoms with Gasteiger partial charge in [-0.05, 0) is 24.8 Å². The standard InChI is InChI=1S/C8H14BrO/c1-6(2)8(10)4-7(3)5-9/h7-8H,1,4-5H2,2-3H3. The minimum Gasteiger partial charge on any atom is -0.228 e. The minimum atomic E-state index is -0.576. The molecule has 59 valence electrons. The lowest BCUT2D eigenvalue weighted by Crippen LogP contribution is -2.11. The molecule has 0 saturated heterocycles. The molecule has 0 saturated carbocycles. The zero-order valence-electron chi connectivity index (χ0n) is 6.56. The molecule has 0 N–H and O–H groups in total. The summed E-state index contributed by atoms with van der Waals surface area (Å²) in [5.74, 6) is 0.458. The second kappa shape index (κ2) is 4.91. The molecule has 0 aliphatic heterocycles. The molecular formula is C8H14BrO. The van der Waals surface area contributed by atoms with Gasteiger partial charge in [-0.25, -0.2) is 5.11 Å². The maximum Gasteiger partial charge on any atom is 0.114 e. The highest BCUT2D eigenvalue weighted by Crippen LogP contribution is 2.13. The van der Waals surface area contributed by atoms with E-state index < -0.39 is 6.10 Å². The van der Waals surface area contributed by atoms with Gasteiger partial charge in [0.15, 0.2) is 0 Å². The van der Waals surface area contributed by atoms with Crippen LogP contribution in [0.5, 0.6) is 0 Å². The van der Waals surface area contributed by atoms with Crippen LogP contribution in [-0.4, -0.2) is 11.4 Å². The van der Waals surface area contributed by atoms with Crippen molar-refractivity contribution in [3.05, 3.63) is 12.2 Å². The molecule has 0 aliphatic rings. The van der Waals surface area contributed by atoms with Crippen LogP contribution in [0, 0.1) is 5.92 Å².